The SMILES string of the molecule is COc1cc(C)c2[nH]c(=O)c3cscc3c2c1-c1ccc(C(C)CNC(=O)OC(C)(C)C)c(F)c1. The lowest BCUT2D eigenvalue weighted by Crippen LogP contribution is -2.34. The van der Waals surface area contributed by atoms with Gasteiger partial charge in [-0.1, -0.05) is 19.1 Å². The standard InChI is InChI=1S/C27H29FN2O4S/c1-14-9-21(33-6)22(23-18-12-35-13-19(18)25(31)30-24(14)23)16-7-8-17(20(28)10-16)15(2)11-29-26(32)34-27(3,4)5/h7-10,12-13,15H,11H2,1-6H3,(H,29,32)(H,30,31). The van der Waals surface area contributed by atoms with E-state index in [4.69, 9.17) is 9.47 Å². The second kappa shape index (κ2) is 9.34. The minimum atomic E-state index is -0.603. The Bertz CT molecular complexity index is 1480. The molecule has 0 aliphatic heterocycles. The number of fused-ring (bicyclic) bond motifs is 3. The van der Waals surface area contributed by atoms with E-state index in [1.54, 1.807) is 33.9 Å². The van der Waals surface area contributed by atoms with Crippen LogP contribution in [-0.2, 0) is 4.74 Å². The summed E-state index contributed by atoms with van der Waals surface area (Å²) < 4.78 is 26.3. The zero-order valence-electron chi connectivity index (χ0n) is 20.7. The molecule has 2 aromatic heterocycles. The molecular formula is C27H29FN2O4S. The van der Waals surface area contributed by atoms with Gasteiger partial charge >= 0.3 is 6.09 Å². The lowest BCUT2D eigenvalue weighted by molar-refractivity contribution is 0.0525. The molecule has 4 rings (SSSR count). The molecule has 184 valence electrons. The fourth-order valence-corrected chi connectivity index (χ4v) is 5.07. The topological polar surface area (TPSA) is 80.4 Å². The van der Waals surface area contributed by atoms with Crippen molar-refractivity contribution in [3.8, 4) is 16.9 Å². The quantitative estimate of drug-likeness (QED) is 0.331. The van der Waals surface area contributed by atoms with Crippen LogP contribution in [0.3, 0.4) is 0 Å². The fourth-order valence-electron chi connectivity index (χ4n) is 4.25. The largest absolute Gasteiger partial charge is 0.496 e. The Labute approximate surface area is 207 Å². The van der Waals surface area contributed by atoms with Crippen molar-refractivity contribution in [3.63, 3.8) is 0 Å². The monoisotopic (exact) mass is 496 g/mol. The summed E-state index contributed by atoms with van der Waals surface area (Å²) in [7, 11) is 1.58. The smallest absolute Gasteiger partial charge is 0.407 e. The molecule has 1 amide bonds. The van der Waals surface area contributed by atoms with Crippen LogP contribution in [0.5, 0.6) is 5.75 Å². The second-order valence-electron chi connectivity index (χ2n) is 9.69. The van der Waals surface area contributed by atoms with Gasteiger partial charge in [0, 0.05) is 34.2 Å². The first-order valence-corrected chi connectivity index (χ1v) is 12.3. The van der Waals surface area contributed by atoms with E-state index in [2.05, 4.69) is 10.3 Å². The third-order valence-corrected chi connectivity index (χ3v) is 6.64. The van der Waals surface area contributed by atoms with Crippen molar-refractivity contribution in [3.05, 3.63) is 62.3 Å². The van der Waals surface area contributed by atoms with Crippen LogP contribution in [0.4, 0.5) is 9.18 Å². The number of methoxy groups -OCH3 is 1. The summed E-state index contributed by atoms with van der Waals surface area (Å²) in [6.07, 6.45) is -0.536. The van der Waals surface area contributed by atoms with Crippen LogP contribution in [0, 0.1) is 12.7 Å². The molecule has 0 spiro atoms. The first kappa shape index (κ1) is 24.7. The number of H-pyrrole nitrogens is 1. The van der Waals surface area contributed by atoms with E-state index in [0.29, 0.717) is 27.8 Å². The van der Waals surface area contributed by atoms with E-state index in [-0.39, 0.29) is 23.8 Å². The van der Waals surface area contributed by atoms with Crippen LogP contribution in [0.15, 0.2) is 39.8 Å². The van der Waals surface area contributed by atoms with Crippen LogP contribution in [0.25, 0.3) is 32.8 Å². The molecule has 8 heteroatoms. The van der Waals surface area contributed by atoms with E-state index in [9.17, 15) is 9.59 Å². The van der Waals surface area contributed by atoms with Gasteiger partial charge in [0.05, 0.1) is 18.0 Å². The summed E-state index contributed by atoms with van der Waals surface area (Å²) >= 11 is 1.45. The lowest BCUT2D eigenvalue weighted by atomic mass is 9.92. The number of aromatic amines is 1. The molecule has 35 heavy (non-hydrogen) atoms. The van der Waals surface area contributed by atoms with Crippen LogP contribution in [0.2, 0.25) is 0 Å². The van der Waals surface area contributed by atoms with E-state index < -0.39 is 11.7 Å². The molecule has 2 heterocycles. The number of ether oxygens (including phenoxy) is 2. The zero-order valence-corrected chi connectivity index (χ0v) is 21.5. The van der Waals surface area contributed by atoms with Crippen molar-refractivity contribution in [2.75, 3.05) is 13.7 Å². The predicted octanol–water partition coefficient (Wildman–Crippen LogP) is 6.49. The molecule has 0 bridgehead atoms. The molecular weight excluding hydrogens is 467 g/mol. The van der Waals surface area contributed by atoms with Gasteiger partial charge in [-0.05, 0) is 61.9 Å². The number of hydrogen-bond acceptors (Lipinski definition) is 5. The van der Waals surface area contributed by atoms with Gasteiger partial charge in [0.2, 0.25) is 0 Å². The van der Waals surface area contributed by atoms with Gasteiger partial charge in [-0.15, -0.1) is 0 Å². The maximum absolute atomic E-state index is 15.4. The maximum Gasteiger partial charge on any atom is 0.407 e. The Morgan fingerprint density at radius 2 is 1.91 bits per heavy atom. The molecule has 0 aliphatic carbocycles. The van der Waals surface area contributed by atoms with Gasteiger partial charge in [-0.3, -0.25) is 4.79 Å². The Balaban J connectivity index is 1.75. The third kappa shape index (κ3) is 4.89. The summed E-state index contributed by atoms with van der Waals surface area (Å²) in [6, 6.07) is 6.91. The highest BCUT2D eigenvalue weighted by Gasteiger charge is 2.21. The average Bonchev–Trinajstić information content (AvgIpc) is 3.27. The van der Waals surface area contributed by atoms with Gasteiger partial charge in [0.15, 0.2) is 0 Å². The van der Waals surface area contributed by atoms with Crippen molar-refractivity contribution < 1.29 is 18.7 Å². The first-order valence-electron chi connectivity index (χ1n) is 11.4. The molecule has 0 saturated carbocycles. The number of hydrogen-bond donors (Lipinski definition) is 2. The number of amides is 1. The summed E-state index contributed by atoms with van der Waals surface area (Å²) in [4.78, 5) is 27.6. The van der Waals surface area contributed by atoms with Crippen LogP contribution >= 0.6 is 11.3 Å². The highest BCUT2D eigenvalue weighted by molar-refractivity contribution is 7.09. The van der Waals surface area contributed by atoms with Crippen molar-refractivity contribution >= 4 is 39.1 Å². The fraction of sp³-hybridized carbons (Fsp3) is 0.333. The normalized spacial score (nSPS) is 12.7. The molecule has 1 unspecified atom stereocenters. The van der Waals surface area contributed by atoms with Crippen molar-refractivity contribution in [1.29, 1.82) is 0 Å². The van der Waals surface area contributed by atoms with Crippen LogP contribution < -0.4 is 15.6 Å². The number of benzene rings is 2. The van der Waals surface area contributed by atoms with E-state index >= 15 is 4.39 Å². The van der Waals surface area contributed by atoms with Gasteiger partial charge in [0.1, 0.15) is 17.2 Å². The minimum Gasteiger partial charge on any atom is -0.496 e. The molecule has 6 nitrogen and oxygen atoms in total. The summed E-state index contributed by atoms with van der Waals surface area (Å²) in [5, 5.41) is 8.68. The second-order valence-corrected chi connectivity index (χ2v) is 10.4. The van der Waals surface area contributed by atoms with Gasteiger partial charge in [-0.2, -0.15) is 11.3 Å². The Kier molecular flexibility index (Phi) is 6.60. The molecule has 2 aromatic carbocycles. The zero-order chi connectivity index (χ0) is 25.5. The number of thiophene rings is 1. The molecule has 2 N–H and O–H groups in total. The molecule has 0 saturated heterocycles. The number of carbonyl (C=O) groups excluding carboxylic acids is 1. The predicted molar refractivity (Wildman–Crippen MR) is 139 cm³/mol. The number of rotatable bonds is 5. The lowest BCUT2D eigenvalue weighted by Gasteiger charge is -2.21. The Morgan fingerprint density at radius 1 is 1.20 bits per heavy atom. The molecule has 1 atom stereocenters. The highest BCUT2D eigenvalue weighted by atomic mass is 32.1. The van der Waals surface area contributed by atoms with Crippen LogP contribution in [-0.4, -0.2) is 30.3 Å². The van der Waals surface area contributed by atoms with E-state index in [1.807, 2.05) is 36.7 Å². The first-order chi connectivity index (χ1) is 16.5. The van der Waals surface area contributed by atoms with Crippen molar-refractivity contribution in [1.82, 2.24) is 10.3 Å². The number of nitrogens with one attached hydrogen (secondary N) is 2. The molecule has 0 radical (unpaired) electrons. The molecule has 0 fully saturated rings. The van der Waals surface area contributed by atoms with Gasteiger partial charge < -0.3 is 19.8 Å². The van der Waals surface area contributed by atoms with Gasteiger partial charge in [0.25, 0.3) is 5.56 Å². The molecule has 4 aromatic rings. The Hall–Kier alpha value is -3.39. The summed E-state index contributed by atoms with van der Waals surface area (Å²) in [5.74, 6) is -0.0581. The third-order valence-electron chi connectivity index (χ3n) is 5.89. The Morgan fingerprint density at radius 3 is 2.57 bits per heavy atom. The average molecular weight is 497 g/mol. The molecule has 0 aliphatic rings. The maximum atomic E-state index is 15.4. The number of alkyl carbamates (subject to hydrolysis) is 1. The number of pyridine rings is 1. The van der Waals surface area contributed by atoms with E-state index in [1.165, 1.54) is 17.4 Å². The summed E-state index contributed by atoms with van der Waals surface area (Å²) in [5.41, 5.74) is 2.66. The summed E-state index contributed by atoms with van der Waals surface area (Å²) in [6.45, 7) is 9.35. The number of aromatic nitrogens is 1. The number of aryl methyl sites for hydroxylation is 1. The number of halogens is 1. The van der Waals surface area contributed by atoms with Crippen LogP contribution in [0.1, 0.15) is 44.7 Å². The van der Waals surface area contributed by atoms with Crippen molar-refractivity contribution in [2.45, 2.75) is 46.1 Å². The van der Waals surface area contributed by atoms with Gasteiger partial charge in [-0.25, -0.2) is 9.18 Å². The van der Waals surface area contributed by atoms with Crippen molar-refractivity contribution in [2.24, 2.45) is 0 Å². The number of carbonyl (C=O) groups is 1. The highest BCUT2D eigenvalue weighted by Crippen LogP contribution is 2.42. The minimum absolute atomic E-state index is 0.152. The van der Waals surface area contributed by atoms with E-state index in [0.717, 1.165) is 21.9 Å².